The molecule has 63 heavy (non-hydrogen) atoms. The summed E-state index contributed by atoms with van der Waals surface area (Å²) in [6.45, 7) is 8.10. The van der Waals surface area contributed by atoms with E-state index in [-0.39, 0.29) is 41.6 Å². The van der Waals surface area contributed by atoms with Crippen LogP contribution in [0.5, 0.6) is 0 Å². The fraction of sp³-hybridized carbons (Fsp3) is 0.327. The highest BCUT2D eigenvalue weighted by atomic mass is 35.5. The van der Waals surface area contributed by atoms with Crippen LogP contribution in [-0.4, -0.2) is 57.2 Å². The fourth-order valence-electron chi connectivity index (χ4n) is 7.13. The minimum atomic E-state index is -0.595. The van der Waals surface area contributed by atoms with Crippen LogP contribution < -0.4 is 21.6 Å². The predicted octanol–water partition coefficient (Wildman–Crippen LogP) is 10.0. The Hall–Kier alpha value is -6.31. The number of nitrogens with one attached hydrogen (secondary N) is 4. The summed E-state index contributed by atoms with van der Waals surface area (Å²) in [7, 11) is 0. The van der Waals surface area contributed by atoms with Crippen molar-refractivity contribution in [3.8, 4) is 16.9 Å². The van der Waals surface area contributed by atoms with Crippen molar-refractivity contribution in [2.75, 3.05) is 13.1 Å². The van der Waals surface area contributed by atoms with E-state index >= 15 is 4.39 Å². The third-order valence-electron chi connectivity index (χ3n) is 10.3. The number of ether oxygens (including phenoxy) is 2. The summed E-state index contributed by atoms with van der Waals surface area (Å²) in [5, 5.41) is 9.63. The normalized spacial score (nSPS) is 12.4. The predicted molar refractivity (Wildman–Crippen MR) is 244 cm³/mol. The Kier molecular flexibility index (Phi) is 15.9. The summed E-state index contributed by atoms with van der Waals surface area (Å²) in [5.74, 6) is -0.630. The van der Waals surface area contributed by atoms with E-state index in [9.17, 15) is 19.2 Å². The Morgan fingerprint density at radius 3 is 2.30 bits per heavy atom. The van der Waals surface area contributed by atoms with Gasteiger partial charge in [0.15, 0.2) is 11.6 Å². The standard InChI is InChI=1S/C49H54ClFN6O6/c1-32(54-48(61)62-31-33-15-7-5-8-16-33)14-13-17-34-26-39(44(51)40(50)27-34)42-28-37-30-57(46(59)56-45(37)55-42)38-23-21-35(22-24-38)41(53-29-43(58)36-18-9-6-10-19-36)20-11-12-25-52-47(60)63-49(2,3)4/h5-10,15-16,18-19,21-24,26-28,30,32,41,53H,11-14,17,20,25,29,31H2,1-4H3,(H,52,60)(H,54,61)(H,55,56,59)/t32-,41+/m0/s1. The number of aromatic nitrogens is 3. The number of alkyl carbamates (subject to hydrolysis) is 2. The van der Waals surface area contributed by atoms with Gasteiger partial charge in [-0.05, 0) is 113 Å². The van der Waals surface area contributed by atoms with Gasteiger partial charge >= 0.3 is 17.9 Å². The van der Waals surface area contributed by atoms with Gasteiger partial charge in [-0.3, -0.25) is 9.36 Å². The van der Waals surface area contributed by atoms with Crippen molar-refractivity contribution in [1.82, 2.24) is 30.5 Å². The molecule has 0 spiro atoms. The molecule has 0 aliphatic heterocycles. The molecule has 0 saturated carbocycles. The highest BCUT2D eigenvalue weighted by molar-refractivity contribution is 6.31. The number of amides is 2. The van der Waals surface area contributed by atoms with E-state index in [4.69, 9.17) is 21.1 Å². The molecule has 0 unspecified atom stereocenters. The molecule has 2 amide bonds. The van der Waals surface area contributed by atoms with E-state index in [0.717, 1.165) is 23.1 Å². The number of aromatic amines is 1. The van der Waals surface area contributed by atoms with Crippen LogP contribution in [0.2, 0.25) is 5.02 Å². The van der Waals surface area contributed by atoms with Crippen LogP contribution in [0.25, 0.3) is 28.0 Å². The summed E-state index contributed by atoms with van der Waals surface area (Å²) in [4.78, 5) is 58.2. The molecule has 6 rings (SSSR count). The zero-order valence-electron chi connectivity index (χ0n) is 36.0. The minimum Gasteiger partial charge on any atom is -0.445 e. The van der Waals surface area contributed by atoms with E-state index in [1.54, 1.807) is 36.5 Å². The lowest BCUT2D eigenvalue weighted by atomic mass is 10.00. The van der Waals surface area contributed by atoms with Crippen molar-refractivity contribution in [3.63, 3.8) is 0 Å². The van der Waals surface area contributed by atoms with Crippen molar-refractivity contribution in [2.24, 2.45) is 0 Å². The molecule has 0 radical (unpaired) electrons. The largest absolute Gasteiger partial charge is 0.445 e. The average molecular weight is 877 g/mol. The lowest BCUT2D eigenvalue weighted by Gasteiger charge is -2.21. The number of ketones is 1. The van der Waals surface area contributed by atoms with E-state index in [1.165, 1.54) is 4.57 Å². The molecule has 330 valence electrons. The maximum absolute atomic E-state index is 15.6. The molecule has 0 aliphatic rings. The summed E-state index contributed by atoms with van der Waals surface area (Å²) >= 11 is 6.39. The second-order valence-corrected chi connectivity index (χ2v) is 17.0. The Labute approximate surface area is 371 Å². The first-order valence-electron chi connectivity index (χ1n) is 21.2. The lowest BCUT2D eigenvalue weighted by Crippen LogP contribution is -2.33. The van der Waals surface area contributed by atoms with Crippen molar-refractivity contribution in [3.05, 3.63) is 153 Å². The molecule has 0 saturated heterocycles. The first-order chi connectivity index (χ1) is 30.2. The van der Waals surface area contributed by atoms with Gasteiger partial charge in [0.05, 0.1) is 22.9 Å². The molecule has 0 fully saturated rings. The number of unbranched alkanes of at least 4 members (excludes halogenated alkanes) is 1. The summed E-state index contributed by atoms with van der Waals surface area (Å²) < 4.78 is 27.6. The second kappa shape index (κ2) is 21.7. The van der Waals surface area contributed by atoms with E-state index in [2.05, 4.69) is 25.9 Å². The zero-order chi connectivity index (χ0) is 44.9. The number of hydrogen-bond acceptors (Lipinski definition) is 8. The molecule has 12 nitrogen and oxygen atoms in total. The van der Waals surface area contributed by atoms with Crippen molar-refractivity contribution < 1.29 is 28.2 Å². The number of H-pyrrole nitrogens is 1. The maximum atomic E-state index is 15.6. The van der Waals surface area contributed by atoms with Gasteiger partial charge in [0.2, 0.25) is 0 Å². The lowest BCUT2D eigenvalue weighted by molar-refractivity contribution is 0.0526. The second-order valence-electron chi connectivity index (χ2n) is 16.6. The van der Waals surface area contributed by atoms with Gasteiger partial charge in [-0.2, -0.15) is 4.98 Å². The number of Topliss-reactive ketones (excluding diaryl/α,β-unsaturated/α-hetero) is 1. The third-order valence-corrected chi connectivity index (χ3v) is 10.6. The van der Waals surface area contributed by atoms with E-state index in [1.807, 2.05) is 100 Å². The molecule has 4 N–H and O–H groups in total. The maximum Gasteiger partial charge on any atom is 0.407 e. The molecule has 2 aromatic heterocycles. The van der Waals surface area contributed by atoms with Crippen LogP contribution in [0, 0.1) is 5.82 Å². The van der Waals surface area contributed by atoms with E-state index in [0.29, 0.717) is 66.6 Å². The number of rotatable bonds is 19. The van der Waals surface area contributed by atoms with Gasteiger partial charge in [0.1, 0.15) is 17.9 Å². The molecule has 2 atom stereocenters. The van der Waals surface area contributed by atoms with Crippen LogP contribution in [0.3, 0.4) is 0 Å². The number of benzene rings is 4. The highest BCUT2D eigenvalue weighted by Gasteiger charge is 2.19. The molecule has 14 heteroatoms. The van der Waals surface area contributed by atoms with Gasteiger partial charge in [-0.15, -0.1) is 0 Å². The van der Waals surface area contributed by atoms with Gasteiger partial charge in [-0.1, -0.05) is 84.4 Å². The molecule has 4 aromatic carbocycles. The number of halogens is 2. The molecular formula is C49H54ClFN6O6. The zero-order valence-corrected chi connectivity index (χ0v) is 36.8. The monoisotopic (exact) mass is 876 g/mol. The summed E-state index contributed by atoms with van der Waals surface area (Å²) in [6, 6.07) is 30.8. The van der Waals surface area contributed by atoms with Crippen molar-refractivity contribution >= 4 is 40.6 Å². The number of aryl methyl sites for hydroxylation is 1. The van der Waals surface area contributed by atoms with E-state index < -0.39 is 29.3 Å². The average Bonchev–Trinajstić information content (AvgIpc) is 3.67. The molecular weight excluding hydrogens is 823 g/mol. The smallest absolute Gasteiger partial charge is 0.407 e. The van der Waals surface area contributed by atoms with Crippen LogP contribution in [0.15, 0.2) is 114 Å². The molecule has 0 bridgehead atoms. The summed E-state index contributed by atoms with van der Waals surface area (Å²) in [6.07, 6.45) is 4.79. The number of carbonyl (C=O) groups is 3. The van der Waals surface area contributed by atoms with Gasteiger partial charge < -0.3 is 30.4 Å². The van der Waals surface area contributed by atoms with Gasteiger partial charge in [0.25, 0.3) is 0 Å². The molecule has 6 aromatic rings. The Bertz CT molecular complexity index is 2540. The van der Waals surface area contributed by atoms with Gasteiger partial charge in [-0.25, -0.2) is 18.8 Å². The fourth-order valence-corrected chi connectivity index (χ4v) is 7.38. The Morgan fingerprint density at radius 2 is 1.59 bits per heavy atom. The number of carbonyl (C=O) groups excluding carboxylic acids is 3. The topological polar surface area (TPSA) is 156 Å². The minimum absolute atomic E-state index is 0.0286. The Balaban J connectivity index is 1.10. The number of nitrogens with zero attached hydrogens (tertiary/aromatic N) is 2. The molecule has 2 heterocycles. The van der Waals surface area contributed by atoms with Gasteiger partial charge in [0, 0.05) is 41.3 Å². The van der Waals surface area contributed by atoms with Crippen molar-refractivity contribution in [2.45, 2.75) is 90.5 Å². The van der Waals surface area contributed by atoms with Crippen molar-refractivity contribution in [1.29, 1.82) is 0 Å². The number of fused-ring (bicyclic) bond motifs is 1. The SMILES string of the molecule is C[C@@H](CCCc1cc(Cl)c(F)c(-c2cc3cn(-c4ccc([C@@H](CCCCNC(=O)OC(C)(C)C)NCC(=O)c5ccccc5)cc4)c(=O)nc3[nH]2)c1)NC(=O)OCc1ccccc1. The van der Waals surface area contributed by atoms with Crippen LogP contribution >= 0.6 is 11.6 Å². The van der Waals surface area contributed by atoms with Crippen LogP contribution in [0.1, 0.15) is 92.9 Å². The third kappa shape index (κ3) is 13.6. The molecule has 0 aliphatic carbocycles. The first-order valence-corrected chi connectivity index (χ1v) is 21.6. The summed E-state index contributed by atoms with van der Waals surface area (Å²) in [5.41, 5.74) is 3.69. The Morgan fingerprint density at radius 1 is 0.873 bits per heavy atom. The quantitative estimate of drug-likeness (QED) is 0.0463. The van der Waals surface area contributed by atoms with Crippen LogP contribution in [0.4, 0.5) is 14.0 Å². The number of hydrogen-bond donors (Lipinski definition) is 4. The van der Waals surface area contributed by atoms with Crippen LogP contribution in [-0.2, 0) is 22.5 Å². The first kappa shape index (κ1) is 46.2. The highest BCUT2D eigenvalue weighted by Crippen LogP contribution is 2.32.